The SMILES string of the molecule is CSc1ccc(S(=O)(=O)N(CC(=O)O)c2ccc(OC(C)C)cc2)cc1. The van der Waals surface area contributed by atoms with Crippen LogP contribution in [-0.2, 0) is 14.8 Å². The fourth-order valence-electron chi connectivity index (χ4n) is 2.28. The molecule has 140 valence electrons. The number of carbonyl (C=O) groups is 1. The van der Waals surface area contributed by atoms with E-state index in [1.165, 1.54) is 36.0 Å². The van der Waals surface area contributed by atoms with Crippen molar-refractivity contribution in [3.63, 3.8) is 0 Å². The number of nitrogens with zero attached hydrogens (tertiary/aromatic N) is 1. The maximum atomic E-state index is 13.0. The molecule has 0 saturated carbocycles. The lowest BCUT2D eigenvalue weighted by atomic mass is 10.3. The van der Waals surface area contributed by atoms with Gasteiger partial charge < -0.3 is 9.84 Å². The lowest BCUT2D eigenvalue weighted by Crippen LogP contribution is -2.35. The molecule has 0 aliphatic rings. The van der Waals surface area contributed by atoms with Crippen molar-refractivity contribution in [1.82, 2.24) is 0 Å². The third-order valence-electron chi connectivity index (χ3n) is 3.42. The molecule has 0 unspecified atom stereocenters. The molecule has 1 N–H and O–H groups in total. The van der Waals surface area contributed by atoms with Gasteiger partial charge in [-0.1, -0.05) is 0 Å². The fraction of sp³-hybridized carbons (Fsp3) is 0.278. The predicted molar refractivity (Wildman–Crippen MR) is 103 cm³/mol. The second kappa shape index (κ2) is 8.46. The van der Waals surface area contributed by atoms with Crippen LogP contribution in [0.3, 0.4) is 0 Å². The summed E-state index contributed by atoms with van der Waals surface area (Å²) in [5, 5.41) is 9.18. The minimum Gasteiger partial charge on any atom is -0.491 e. The van der Waals surface area contributed by atoms with Crippen LogP contribution in [0, 0.1) is 0 Å². The number of hydrogen-bond acceptors (Lipinski definition) is 5. The van der Waals surface area contributed by atoms with Crippen molar-refractivity contribution in [2.75, 3.05) is 17.1 Å². The molecule has 2 aromatic rings. The smallest absolute Gasteiger partial charge is 0.324 e. The van der Waals surface area contributed by atoms with Crippen molar-refractivity contribution in [3.8, 4) is 5.75 Å². The lowest BCUT2D eigenvalue weighted by molar-refractivity contribution is -0.135. The molecule has 0 fully saturated rings. The lowest BCUT2D eigenvalue weighted by Gasteiger charge is -2.23. The van der Waals surface area contributed by atoms with E-state index >= 15 is 0 Å². The number of ether oxygens (including phenoxy) is 1. The topological polar surface area (TPSA) is 83.9 Å². The van der Waals surface area contributed by atoms with Crippen molar-refractivity contribution in [1.29, 1.82) is 0 Å². The maximum Gasteiger partial charge on any atom is 0.324 e. The number of thioether (sulfide) groups is 1. The molecule has 0 spiro atoms. The van der Waals surface area contributed by atoms with Gasteiger partial charge in [-0.25, -0.2) is 8.42 Å². The third-order valence-corrected chi connectivity index (χ3v) is 5.95. The van der Waals surface area contributed by atoms with E-state index in [0.717, 1.165) is 9.20 Å². The van der Waals surface area contributed by atoms with E-state index in [2.05, 4.69) is 0 Å². The summed E-state index contributed by atoms with van der Waals surface area (Å²) in [6.07, 6.45) is 1.87. The van der Waals surface area contributed by atoms with Crippen LogP contribution in [0.4, 0.5) is 5.69 Å². The Bertz CT molecular complexity index is 846. The van der Waals surface area contributed by atoms with Crippen molar-refractivity contribution in [3.05, 3.63) is 48.5 Å². The first kappa shape index (κ1) is 20.1. The second-order valence-electron chi connectivity index (χ2n) is 5.74. The number of carboxylic acid groups (broad SMARTS) is 1. The molecule has 0 atom stereocenters. The molecule has 0 aromatic heterocycles. The van der Waals surface area contributed by atoms with E-state index in [-0.39, 0.29) is 16.7 Å². The van der Waals surface area contributed by atoms with Gasteiger partial charge in [0.1, 0.15) is 12.3 Å². The molecule has 26 heavy (non-hydrogen) atoms. The molecule has 0 aliphatic carbocycles. The summed E-state index contributed by atoms with van der Waals surface area (Å²) in [5.74, 6) is -0.655. The summed E-state index contributed by atoms with van der Waals surface area (Å²) >= 11 is 1.49. The van der Waals surface area contributed by atoms with Crippen LogP contribution in [-0.4, -0.2) is 38.4 Å². The van der Waals surface area contributed by atoms with Crippen LogP contribution in [0.1, 0.15) is 13.8 Å². The highest BCUT2D eigenvalue weighted by molar-refractivity contribution is 7.98. The molecule has 0 aliphatic heterocycles. The number of anilines is 1. The summed E-state index contributed by atoms with van der Waals surface area (Å²) in [7, 11) is -4.01. The third kappa shape index (κ3) is 4.92. The largest absolute Gasteiger partial charge is 0.491 e. The number of benzene rings is 2. The molecule has 0 amide bonds. The molecule has 6 nitrogen and oxygen atoms in total. The zero-order valence-corrected chi connectivity index (χ0v) is 16.4. The van der Waals surface area contributed by atoms with E-state index in [1.807, 2.05) is 20.1 Å². The summed E-state index contributed by atoms with van der Waals surface area (Å²) < 4.78 is 32.3. The maximum absolute atomic E-state index is 13.0. The zero-order valence-electron chi connectivity index (χ0n) is 14.7. The first-order chi connectivity index (χ1) is 12.2. The summed E-state index contributed by atoms with van der Waals surface area (Å²) in [6, 6.07) is 12.7. The van der Waals surface area contributed by atoms with Gasteiger partial charge in [0.25, 0.3) is 10.0 Å². The molecule has 0 bridgehead atoms. The summed E-state index contributed by atoms with van der Waals surface area (Å²) in [5.41, 5.74) is 0.262. The Hall–Kier alpha value is -2.19. The average Bonchev–Trinajstić information content (AvgIpc) is 2.60. The van der Waals surface area contributed by atoms with Crippen molar-refractivity contribution in [2.24, 2.45) is 0 Å². The van der Waals surface area contributed by atoms with Crippen LogP contribution in [0.25, 0.3) is 0 Å². The Balaban J connectivity index is 2.40. The standard InChI is InChI=1S/C18H21NO5S2/c1-13(2)24-15-6-4-14(5-7-15)19(12-18(20)21)26(22,23)17-10-8-16(25-3)9-11-17/h4-11,13H,12H2,1-3H3,(H,20,21). The van der Waals surface area contributed by atoms with Crippen LogP contribution in [0.2, 0.25) is 0 Å². The first-order valence-electron chi connectivity index (χ1n) is 7.89. The number of hydrogen-bond donors (Lipinski definition) is 1. The highest BCUT2D eigenvalue weighted by Gasteiger charge is 2.27. The van der Waals surface area contributed by atoms with Gasteiger partial charge in [-0.3, -0.25) is 9.10 Å². The number of carboxylic acids is 1. The quantitative estimate of drug-likeness (QED) is 0.689. The molecular weight excluding hydrogens is 374 g/mol. The van der Waals surface area contributed by atoms with E-state index in [0.29, 0.717) is 5.75 Å². The predicted octanol–water partition coefficient (Wildman–Crippen LogP) is 3.48. The van der Waals surface area contributed by atoms with Crippen molar-refractivity contribution in [2.45, 2.75) is 29.7 Å². The number of aliphatic carboxylic acids is 1. The van der Waals surface area contributed by atoms with Gasteiger partial charge in [0.15, 0.2) is 0 Å². The molecular formula is C18H21NO5S2. The summed E-state index contributed by atoms with van der Waals surface area (Å²) in [6.45, 7) is 3.09. The Kier molecular flexibility index (Phi) is 6.55. The van der Waals surface area contributed by atoms with E-state index in [1.54, 1.807) is 24.3 Å². The van der Waals surface area contributed by atoms with Gasteiger partial charge in [-0.15, -0.1) is 11.8 Å². The Morgan fingerprint density at radius 1 is 1.12 bits per heavy atom. The van der Waals surface area contributed by atoms with Gasteiger partial charge >= 0.3 is 5.97 Å². The van der Waals surface area contributed by atoms with Crippen LogP contribution in [0.15, 0.2) is 58.3 Å². The van der Waals surface area contributed by atoms with Crippen LogP contribution >= 0.6 is 11.8 Å². The minimum atomic E-state index is -4.01. The van der Waals surface area contributed by atoms with E-state index in [9.17, 15) is 18.3 Å². The molecule has 0 radical (unpaired) electrons. The Morgan fingerprint density at radius 2 is 1.69 bits per heavy atom. The highest BCUT2D eigenvalue weighted by atomic mass is 32.2. The van der Waals surface area contributed by atoms with Gasteiger partial charge in [0.05, 0.1) is 16.7 Å². The van der Waals surface area contributed by atoms with Gasteiger partial charge in [-0.05, 0) is 68.6 Å². The Morgan fingerprint density at radius 3 is 2.15 bits per heavy atom. The molecule has 8 heteroatoms. The van der Waals surface area contributed by atoms with Crippen LogP contribution in [0.5, 0.6) is 5.75 Å². The normalized spacial score (nSPS) is 11.4. The first-order valence-corrected chi connectivity index (χ1v) is 10.6. The monoisotopic (exact) mass is 395 g/mol. The van der Waals surface area contributed by atoms with Crippen molar-refractivity contribution >= 4 is 33.4 Å². The zero-order chi connectivity index (χ0) is 19.3. The van der Waals surface area contributed by atoms with Crippen molar-refractivity contribution < 1.29 is 23.1 Å². The number of sulfonamides is 1. The highest BCUT2D eigenvalue weighted by Crippen LogP contribution is 2.27. The second-order valence-corrected chi connectivity index (χ2v) is 8.48. The van der Waals surface area contributed by atoms with Crippen LogP contribution < -0.4 is 9.04 Å². The van der Waals surface area contributed by atoms with Gasteiger partial charge in [0, 0.05) is 4.90 Å². The summed E-state index contributed by atoms with van der Waals surface area (Å²) in [4.78, 5) is 12.2. The average molecular weight is 396 g/mol. The minimum absolute atomic E-state index is 0.0188. The fourth-order valence-corrected chi connectivity index (χ4v) is 4.10. The Labute approximate surface area is 157 Å². The number of rotatable bonds is 8. The molecule has 0 heterocycles. The van der Waals surface area contributed by atoms with E-state index < -0.39 is 22.5 Å². The van der Waals surface area contributed by atoms with E-state index in [4.69, 9.17) is 4.74 Å². The molecule has 2 aromatic carbocycles. The molecule has 2 rings (SSSR count). The molecule has 0 saturated heterocycles. The van der Waals surface area contributed by atoms with Gasteiger partial charge in [0.2, 0.25) is 0 Å². The van der Waals surface area contributed by atoms with Gasteiger partial charge in [-0.2, -0.15) is 0 Å².